The minimum atomic E-state index is -0.780. The molecule has 0 aliphatic heterocycles. The van der Waals surface area contributed by atoms with E-state index in [0.29, 0.717) is 10.5 Å². The summed E-state index contributed by atoms with van der Waals surface area (Å²) < 4.78 is 16.5. The van der Waals surface area contributed by atoms with Crippen molar-refractivity contribution in [3.63, 3.8) is 0 Å². The van der Waals surface area contributed by atoms with E-state index in [1.165, 1.54) is 28.8 Å². The molecule has 2 aromatic carbocycles. The maximum atomic E-state index is 14.3. The Hall–Kier alpha value is -3.23. The Morgan fingerprint density at radius 3 is 2.53 bits per heavy atom. The van der Waals surface area contributed by atoms with Crippen LogP contribution in [0.4, 0.5) is 4.39 Å². The number of fused-ring (bicyclic) bond motifs is 1. The van der Waals surface area contributed by atoms with E-state index in [0.717, 1.165) is 21.5 Å². The summed E-state index contributed by atoms with van der Waals surface area (Å²) in [5.74, 6) is -1.12. The number of nitrogens with one attached hydrogen (secondary N) is 1. The van der Waals surface area contributed by atoms with Crippen LogP contribution in [-0.4, -0.2) is 15.0 Å². The lowest BCUT2D eigenvalue weighted by Gasteiger charge is -2.13. The van der Waals surface area contributed by atoms with Crippen LogP contribution >= 0.6 is 22.9 Å². The van der Waals surface area contributed by atoms with E-state index in [1.807, 2.05) is 0 Å². The van der Waals surface area contributed by atoms with Crippen molar-refractivity contribution in [1.82, 2.24) is 14.5 Å². The average molecular weight is 444 g/mol. The molecule has 0 unspecified atom stereocenters. The van der Waals surface area contributed by atoms with Gasteiger partial charge in [0.2, 0.25) is 5.91 Å². The fourth-order valence-corrected chi connectivity index (χ4v) is 4.04. The number of para-hydroxylation sites is 1. The van der Waals surface area contributed by atoms with Crippen LogP contribution in [0.1, 0.15) is 5.56 Å². The molecule has 0 bridgehead atoms. The van der Waals surface area contributed by atoms with Gasteiger partial charge in [-0.1, -0.05) is 35.9 Å². The van der Waals surface area contributed by atoms with Gasteiger partial charge >= 0.3 is 5.69 Å². The van der Waals surface area contributed by atoms with Crippen molar-refractivity contribution >= 4 is 39.1 Å². The first-order chi connectivity index (χ1) is 14.5. The summed E-state index contributed by atoms with van der Waals surface area (Å²) >= 11 is 6.98. The topological polar surface area (TPSA) is 73.1 Å². The van der Waals surface area contributed by atoms with Gasteiger partial charge in [0.25, 0.3) is 5.56 Å². The number of hydrogen-bond acceptors (Lipinski definition) is 4. The number of thiophene rings is 1. The van der Waals surface area contributed by atoms with E-state index in [9.17, 15) is 18.8 Å². The first kappa shape index (κ1) is 20.1. The number of nitrogens with zero attached hydrogens (tertiary/aromatic N) is 2. The fraction of sp³-hybridized carbons (Fsp3) is 0.0952. The monoisotopic (exact) mass is 443 g/mol. The van der Waals surface area contributed by atoms with Crippen molar-refractivity contribution in [1.29, 1.82) is 0 Å². The minimum Gasteiger partial charge on any atom is -0.350 e. The van der Waals surface area contributed by atoms with E-state index in [4.69, 9.17) is 11.6 Å². The zero-order chi connectivity index (χ0) is 21.3. The van der Waals surface area contributed by atoms with Gasteiger partial charge in [-0.05, 0) is 41.3 Å². The van der Waals surface area contributed by atoms with Gasteiger partial charge < -0.3 is 5.32 Å². The lowest BCUT2D eigenvalue weighted by atomic mass is 10.2. The first-order valence-corrected chi connectivity index (χ1v) is 10.2. The van der Waals surface area contributed by atoms with Crippen LogP contribution in [0, 0.1) is 5.82 Å². The number of amides is 1. The Balaban J connectivity index is 1.70. The Morgan fingerprint density at radius 1 is 1.07 bits per heavy atom. The van der Waals surface area contributed by atoms with Crippen LogP contribution < -0.4 is 16.6 Å². The molecule has 0 aliphatic carbocycles. The second-order valence-electron chi connectivity index (χ2n) is 6.50. The molecule has 1 amide bonds. The minimum absolute atomic E-state index is 0.155. The van der Waals surface area contributed by atoms with Crippen LogP contribution in [-0.2, 0) is 17.9 Å². The van der Waals surface area contributed by atoms with Crippen LogP contribution in [0.15, 0.2) is 69.6 Å². The van der Waals surface area contributed by atoms with Crippen molar-refractivity contribution in [2.24, 2.45) is 0 Å². The Bertz CT molecular complexity index is 1360. The molecule has 0 aliphatic rings. The zero-order valence-corrected chi connectivity index (χ0v) is 17.0. The molecule has 2 aromatic heterocycles. The molecule has 0 atom stereocenters. The van der Waals surface area contributed by atoms with Crippen molar-refractivity contribution in [3.05, 3.63) is 97.2 Å². The molecule has 9 heteroatoms. The highest BCUT2D eigenvalue weighted by Crippen LogP contribution is 2.17. The number of carbonyl (C=O) groups is 1. The smallest absolute Gasteiger partial charge is 0.336 e. The van der Waals surface area contributed by atoms with Crippen molar-refractivity contribution in [2.75, 3.05) is 0 Å². The number of carbonyl (C=O) groups excluding carboxylic acids is 1. The quantitative estimate of drug-likeness (QED) is 0.514. The van der Waals surface area contributed by atoms with Gasteiger partial charge in [-0.15, -0.1) is 11.3 Å². The van der Waals surface area contributed by atoms with Gasteiger partial charge in [0.1, 0.15) is 17.1 Å². The molecule has 30 heavy (non-hydrogen) atoms. The maximum absolute atomic E-state index is 14.3. The third-order valence-electron chi connectivity index (χ3n) is 4.55. The molecule has 0 fully saturated rings. The number of halogens is 2. The fourth-order valence-electron chi connectivity index (χ4n) is 3.09. The predicted molar refractivity (Wildman–Crippen MR) is 115 cm³/mol. The van der Waals surface area contributed by atoms with Gasteiger partial charge in [-0.25, -0.2) is 13.8 Å². The molecule has 6 nitrogen and oxygen atoms in total. The molecule has 2 heterocycles. The van der Waals surface area contributed by atoms with Crippen molar-refractivity contribution in [2.45, 2.75) is 13.1 Å². The molecule has 0 saturated carbocycles. The third kappa shape index (κ3) is 3.79. The van der Waals surface area contributed by atoms with E-state index < -0.39 is 23.0 Å². The highest BCUT2D eigenvalue weighted by molar-refractivity contribution is 7.17. The average Bonchev–Trinajstić information content (AvgIpc) is 3.22. The van der Waals surface area contributed by atoms with Gasteiger partial charge in [0.05, 0.1) is 11.2 Å². The second kappa shape index (κ2) is 8.25. The molecule has 0 saturated heterocycles. The Kier molecular flexibility index (Phi) is 5.52. The normalized spacial score (nSPS) is 11.0. The Labute approximate surface area is 178 Å². The van der Waals surface area contributed by atoms with E-state index in [-0.39, 0.29) is 23.5 Å². The van der Waals surface area contributed by atoms with Crippen molar-refractivity contribution in [3.8, 4) is 5.69 Å². The SMILES string of the molecule is O=C(Cn1c(=O)n(-c2ccccc2F)c(=O)c2sccc21)NCc1ccc(Cl)cc1. The lowest BCUT2D eigenvalue weighted by molar-refractivity contribution is -0.121. The van der Waals surface area contributed by atoms with E-state index >= 15 is 0 Å². The van der Waals surface area contributed by atoms with Gasteiger partial charge in [-0.2, -0.15) is 0 Å². The second-order valence-corrected chi connectivity index (χ2v) is 7.85. The standard InChI is InChI=1S/C21H15ClFN3O3S/c22-14-7-5-13(6-8-14)11-24-18(27)12-25-17-9-10-30-19(17)20(28)26(21(25)29)16-4-2-1-3-15(16)23/h1-10H,11-12H2,(H,24,27). The molecule has 4 rings (SSSR count). The molecule has 1 N–H and O–H groups in total. The van der Waals surface area contributed by atoms with E-state index in [2.05, 4.69) is 5.32 Å². The van der Waals surface area contributed by atoms with Crippen molar-refractivity contribution < 1.29 is 9.18 Å². The zero-order valence-electron chi connectivity index (χ0n) is 15.5. The maximum Gasteiger partial charge on any atom is 0.336 e. The summed E-state index contributed by atoms with van der Waals surface area (Å²) in [6.45, 7) is -0.0567. The number of hydrogen-bond donors (Lipinski definition) is 1. The van der Waals surface area contributed by atoms with Crippen LogP contribution in [0.5, 0.6) is 0 Å². The Morgan fingerprint density at radius 2 is 1.80 bits per heavy atom. The molecule has 0 spiro atoms. The number of rotatable bonds is 5. The molecule has 0 radical (unpaired) electrons. The summed E-state index contributed by atoms with van der Waals surface area (Å²) in [7, 11) is 0. The van der Waals surface area contributed by atoms with Gasteiger partial charge in [0, 0.05) is 11.6 Å². The number of aromatic nitrogens is 2. The summed E-state index contributed by atoms with van der Waals surface area (Å²) in [4.78, 5) is 38.4. The molecular weight excluding hydrogens is 429 g/mol. The summed E-state index contributed by atoms with van der Waals surface area (Å²) in [5, 5.41) is 4.98. The largest absolute Gasteiger partial charge is 0.350 e. The summed E-state index contributed by atoms with van der Waals surface area (Å²) in [6, 6.07) is 14.1. The summed E-state index contributed by atoms with van der Waals surface area (Å²) in [6.07, 6.45) is 0. The highest BCUT2D eigenvalue weighted by Gasteiger charge is 2.19. The van der Waals surface area contributed by atoms with Crippen LogP contribution in [0.25, 0.3) is 15.9 Å². The third-order valence-corrected chi connectivity index (χ3v) is 5.70. The molecule has 152 valence electrons. The van der Waals surface area contributed by atoms with Gasteiger partial charge in [0.15, 0.2) is 0 Å². The van der Waals surface area contributed by atoms with Gasteiger partial charge in [-0.3, -0.25) is 14.2 Å². The predicted octanol–water partition coefficient (Wildman–Crippen LogP) is 3.32. The highest BCUT2D eigenvalue weighted by atomic mass is 35.5. The van der Waals surface area contributed by atoms with Crippen LogP contribution in [0.3, 0.4) is 0 Å². The molecular formula is C21H15ClFN3O3S. The lowest BCUT2D eigenvalue weighted by Crippen LogP contribution is -2.41. The van der Waals surface area contributed by atoms with Crippen LogP contribution in [0.2, 0.25) is 5.02 Å². The summed E-state index contributed by atoms with van der Waals surface area (Å²) in [5.41, 5.74) is -0.370. The molecule has 4 aromatic rings. The first-order valence-electron chi connectivity index (χ1n) is 8.95. The number of benzene rings is 2. The van der Waals surface area contributed by atoms with E-state index in [1.54, 1.807) is 35.7 Å².